The first-order chi connectivity index (χ1) is 15.4. The zero-order valence-corrected chi connectivity index (χ0v) is 19.6. The summed E-state index contributed by atoms with van der Waals surface area (Å²) in [6, 6.07) is 2.50. The fraction of sp³-hybridized carbons (Fsp3) is 0.615. The minimum Gasteiger partial charge on any atom is -0.388 e. The molecule has 2 atom stereocenters. The Morgan fingerprint density at radius 2 is 1.82 bits per heavy atom. The van der Waals surface area contributed by atoms with Crippen LogP contribution in [0.3, 0.4) is 0 Å². The lowest BCUT2D eigenvalue weighted by Gasteiger charge is -2.38. The second kappa shape index (κ2) is 7.51. The van der Waals surface area contributed by atoms with Crippen molar-refractivity contribution in [2.45, 2.75) is 96.1 Å². The Morgan fingerprint density at radius 1 is 1.12 bits per heavy atom. The van der Waals surface area contributed by atoms with Gasteiger partial charge in [-0.2, -0.15) is 13.2 Å². The van der Waals surface area contributed by atoms with Crippen molar-refractivity contribution in [2.24, 2.45) is 5.41 Å². The van der Waals surface area contributed by atoms with E-state index in [9.17, 15) is 18.3 Å². The summed E-state index contributed by atoms with van der Waals surface area (Å²) in [5.74, 6) is 0.108. The molecule has 1 aliphatic heterocycles. The Kier molecular flexibility index (Phi) is 5.18. The van der Waals surface area contributed by atoms with Crippen molar-refractivity contribution >= 4 is 0 Å². The van der Waals surface area contributed by atoms with Gasteiger partial charge < -0.3 is 9.84 Å². The van der Waals surface area contributed by atoms with E-state index >= 15 is 0 Å². The molecule has 7 heteroatoms. The summed E-state index contributed by atoms with van der Waals surface area (Å²) in [5.41, 5.74) is 3.87. The van der Waals surface area contributed by atoms with E-state index in [0.29, 0.717) is 12.0 Å². The Labute approximate surface area is 192 Å². The lowest BCUT2D eigenvalue weighted by Crippen LogP contribution is -2.32. The highest BCUT2D eigenvalue weighted by atomic mass is 19.4. The van der Waals surface area contributed by atoms with Gasteiger partial charge in [0.15, 0.2) is 0 Å². The Hall–Kier alpha value is -1.99. The fourth-order valence-electron chi connectivity index (χ4n) is 6.14. The maximum absolute atomic E-state index is 13.1. The summed E-state index contributed by atoms with van der Waals surface area (Å²) in [6.07, 6.45) is 0.798. The summed E-state index contributed by atoms with van der Waals surface area (Å²) in [7, 11) is 0. The van der Waals surface area contributed by atoms with Crippen LogP contribution < -0.4 is 0 Å². The summed E-state index contributed by atoms with van der Waals surface area (Å²) >= 11 is 0. The predicted octanol–water partition coefficient (Wildman–Crippen LogP) is 6.51. The molecule has 0 amide bonds. The normalized spacial score (nSPS) is 25.5. The van der Waals surface area contributed by atoms with E-state index in [1.807, 2.05) is 0 Å². The lowest BCUT2D eigenvalue weighted by molar-refractivity contribution is -0.141. The smallest absolute Gasteiger partial charge is 0.388 e. The molecule has 5 rings (SSSR count). The first-order valence-corrected chi connectivity index (χ1v) is 11.9. The van der Waals surface area contributed by atoms with Gasteiger partial charge in [-0.25, -0.2) is 0 Å². The number of halogens is 3. The zero-order chi connectivity index (χ0) is 23.8. The highest BCUT2D eigenvalue weighted by Crippen LogP contribution is 2.59. The van der Waals surface area contributed by atoms with Crippen LogP contribution in [0.4, 0.5) is 13.2 Å². The van der Waals surface area contributed by atoms with Gasteiger partial charge in [-0.1, -0.05) is 46.6 Å². The molecule has 2 aromatic rings. The van der Waals surface area contributed by atoms with Crippen LogP contribution in [0.1, 0.15) is 117 Å². The van der Waals surface area contributed by atoms with Gasteiger partial charge in [0, 0.05) is 34.3 Å². The molecule has 33 heavy (non-hydrogen) atoms. The van der Waals surface area contributed by atoms with E-state index < -0.39 is 29.7 Å². The average Bonchev–Trinajstić information content (AvgIpc) is 3.31. The minimum atomic E-state index is -4.49. The molecule has 4 nitrogen and oxygen atoms in total. The van der Waals surface area contributed by atoms with Gasteiger partial charge in [0.1, 0.15) is 11.8 Å². The first-order valence-electron chi connectivity index (χ1n) is 11.9. The maximum Gasteiger partial charge on any atom is 0.433 e. The number of aliphatic hydroxyl groups is 1. The lowest BCUT2D eigenvalue weighted by atomic mass is 9.70. The predicted molar refractivity (Wildman–Crippen MR) is 118 cm³/mol. The summed E-state index contributed by atoms with van der Waals surface area (Å²) in [4.78, 5) is 8.78. The Bertz CT molecular complexity index is 1070. The van der Waals surface area contributed by atoms with Crippen LogP contribution in [0.25, 0.3) is 0 Å². The molecule has 1 spiro atoms. The number of nitrogens with zero attached hydrogens (tertiary/aromatic N) is 2. The highest BCUT2D eigenvalue weighted by molar-refractivity contribution is 5.54. The molecular weight excluding hydrogens is 429 g/mol. The van der Waals surface area contributed by atoms with Gasteiger partial charge in [0.25, 0.3) is 0 Å². The molecule has 1 saturated carbocycles. The molecular formula is C26H31F3N2O2. The van der Waals surface area contributed by atoms with Crippen molar-refractivity contribution in [1.82, 2.24) is 9.97 Å². The van der Waals surface area contributed by atoms with E-state index in [1.54, 1.807) is 0 Å². The third kappa shape index (κ3) is 3.68. The molecule has 2 aromatic heterocycles. The standard InChI is InChI=1S/C26H31F3N2O2/c1-14(2)22-20-21(19-16(31-22)11-24(3,4)12-17(19)32)25(9-5-6-10-25)33-23(20)15-7-8-18(30-13-15)26(27,28)29/h7-8,13-14,17,23,32H,5-6,9-12H2,1-4H3/t17?,23-/m1/s1. The molecule has 1 unspecified atom stereocenters. The van der Waals surface area contributed by atoms with E-state index in [4.69, 9.17) is 9.72 Å². The van der Waals surface area contributed by atoms with Crippen LogP contribution in [0, 0.1) is 5.41 Å². The van der Waals surface area contributed by atoms with Crippen LogP contribution in [-0.4, -0.2) is 15.1 Å². The maximum atomic E-state index is 13.1. The third-order valence-electron chi connectivity index (χ3n) is 7.50. The molecule has 0 saturated heterocycles. The number of fused-ring (bicyclic) bond motifs is 4. The number of rotatable bonds is 2. The highest BCUT2D eigenvalue weighted by Gasteiger charge is 2.52. The molecule has 0 radical (unpaired) electrons. The van der Waals surface area contributed by atoms with Crippen LogP contribution >= 0.6 is 0 Å². The fourth-order valence-corrected chi connectivity index (χ4v) is 6.14. The van der Waals surface area contributed by atoms with Crippen LogP contribution in [0.15, 0.2) is 18.3 Å². The number of aliphatic hydroxyl groups excluding tert-OH is 1. The van der Waals surface area contributed by atoms with Crippen LogP contribution in [0.2, 0.25) is 0 Å². The SMILES string of the molecule is CC(C)c1nc2c(c3c1[C@@H](c1ccc(C(F)(F)F)nc1)OC31CCCC1)C(O)CC(C)(C)C2. The third-order valence-corrected chi connectivity index (χ3v) is 7.50. The van der Waals surface area contributed by atoms with E-state index in [0.717, 1.165) is 66.2 Å². The number of hydrogen-bond acceptors (Lipinski definition) is 4. The second-order valence-electron chi connectivity index (χ2n) is 11.0. The van der Waals surface area contributed by atoms with Crippen molar-refractivity contribution in [3.8, 4) is 0 Å². The summed E-state index contributed by atoms with van der Waals surface area (Å²) in [6.45, 7) is 8.48. The monoisotopic (exact) mass is 460 g/mol. The molecule has 2 aliphatic carbocycles. The number of pyridine rings is 2. The topological polar surface area (TPSA) is 55.2 Å². The number of alkyl halides is 3. The van der Waals surface area contributed by atoms with Crippen molar-refractivity contribution in [3.63, 3.8) is 0 Å². The minimum absolute atomic E-state index is 0.0546. The summed E-state index contributed by atoms with van der Waals surface area (Å²) < 4.78 is 46.1. The quantitative estimate of drug-likeness (QED) is 0.555. The molecule has 3 aliphatic rings. The van der Waals surface area contributed by atoms with E-state index in [2.05, 4.69) is 32.7 Å². The Balaban J connectivity index is 1.73. The molecule has 1 N–H and O–H groups in total. The Morgan fingerprint density at radius 3 is 2.39 bits per heavy atom. The van der Waals surface area contributed by atoms with Crippen molar-refractivity contribution in [3.05, 3.63) is 57.7 Å². The number of aromatic nitrogens is 2. The molecule has 1 fully saturated rings. The van der Waals surface area contributed by atoms with Crippen molar-refractivity contribution < 1.29 is 23.0 Å². The van der Waals surface area contributed by atoms with Gasteiger partial charge in [-0.3, -0.25) is 9.97 Å². The second-order valence-corrected chi connectivity index (χ2v) is 11.0. The largest absolute Gasteiger partial charge is 0.433 e. The zero-order valence-electron chi connectivity index (χ0n) is 19.6. The molecule has 3 heterocycles. The first kappa shape index (κ1) is 22.8. The van der Waals surface area contributed by atoms with Crippen LogP contribution in [0.5, 0.6) is 0 Å². The number of ether oxygens (including phenoxy) is 1. The van der Waals surface area contributed by atoms with Gasteiger partial charge in [0.05, 0.1) is 11.7 Å². The number of hydrogen-bond donors (Lipinski definition) is 1. The van der Waals surface area contributed by atoms with E-state index in [1.165, 1.54) is 12.3 Å². The van der Waals surface area contributed by atoms with Crippen LogP contribution in [-0.2, 0) is 22.9 Å². The van der Waals surface area contributed by atoms with Gasteiger partial charge in [-0.05, 0) is 48.6 Å². The van der Waals surface area contributed by atoms with Gasteiger partial charge in [0.2, 0.25) is 0 Å². The molecule has 0 aromatic carbocycles. The van der Waals surface area contributed by atoms with E-state index in [-0.39, 0.29) is 11.3 Å². The van der Waals surface area contributed by atoms with Gasteiger partial charge >= 0.3 is 6.18 Å². The van der Waals surface area contributed by atoms with Gasteiger partial charge in [-0.15, -0.1) is 0 Å². The molecule has 178 valence electrons. The van der Waals surface area contributed by atoms with Crippen molar-refractivity contribution in [2.75, 3.05) is 0 Å². The summed E-state index contributed by atoms with van der Waals surface area (Å²) in [5, 5.41) is 11.3. The van der Waals surface area contributed by atoms with Crippen molar-refractivity contribution in [1.29, 1.82) is 0 Å². The average molecular weight is 461 g/mol. The molecule has 0 bridgehead atoms.